The zero-order valence-corrected chi connectivity index (χ0v) is 15.6. The molecule has 1 aromatic heterocycles. The van der Waals surface area contributed by atoms with E-state index in [4.69, 9.17) is 17.5 Å². The summed E-state index contributed by atoms with van der Waals surface area (Å²) in [6, 6.07) is 3.03. The molecule has 0 atom stereocenters. The molecule has 1 fully saturated rings. The summed E-state index contributed by atoms with van der Waals surface area (Å²) in [6.45, 7) is -0.186. The second-order valence-electron chi connectivity index (χ2n) is 6.16. The lowest BCUT2D eigenvalue weighted by Gasteiger charge is -2.30. The fraction of sp³-hybridized carbons (Fsp3) is 0.222. The first-order valence-electron chi connectivity index (χ1n) is 8.31. The molecular formula is C18H10F6N4OS. The molecule has 2 aromatic rings. The van der Waals surface area contributed by atoms with E-state index in [1.807, 2.05) is 0 Å². The van der Waals surface area contributed by atoms with E-state index in [2.05, 4.69) is 4.98 Å². The normalized spacial score (nSPS) is 15.2. The number of hydrogen-bond acceptors (Lipinski definition) is 4. The van der Waals surface area contributed by atoms with Crippen LogP contribution < -0.4 is 9.80 Å². The van der Waals surface area contributed by atoms with Gasteiger partial charge in [0.15, 0.2) is 22.4 Å². The second kappa shape index (κ2) is 7.91. The maximum atomic E-state index is 14.3. The number of pyridine rings is 1. The topological polar surface area (TPSA) is 60.2 Å². The summed E-state index contributed by atoms with van der Waals surface area (Å²) in [6.07, 6.45) is -4.30. The van der Waals surface area contributed by atoms with Crippen LogP contribution in [0.15, 0.2) is 24.4 Å². The monoisotopic (exact) mass is 444 g/mol. The molecule has 1 aromatic carbocycles. The molecule has 1 saturated heterocycles. The Morgan fingerprint density at radius 1 is 1.17 bits per heavy atom. The van der Waals surface area contributed by atoms with Crippen molar-refractivity contribution in [3.63, 3.8) is 0 Å². The number of amides is 1. The van der Waals surface area contributed by atoms with Gasteiger partial charge in [0.2, 0.25) is 5.91 Å². The van der Waals surface area contributed by atoms with Crippen LogP contribution in [0, 0.1) is 28.8 Å². The molecule has 12 heteroatoms. The molecule has 156 valence electrons. The number of aromatic nitrogens is 1. The van der Waals surface area contributed by atoms with Crippen LogP contribution in [0.25, 0.3) is 0 Å². The third kappa shape index (κ3) is 3.80. The van der Waals surface area contributed by atoms with E-state index < -0.39 is 57.3 Å². The fourth-order valence-corrected chi connectivity index (χ4v) is 3.32. The number of thiocarbonyl (C=S) groups is 1. The Balaban J connectivity index is 2.14. The van der Waals surface area contributed by atoms with Crippen molar-refractivity contribution in [3.05, 3.63) is 53.1 Å². The molecule has 0 bridgehead atoms. The number of halogens is 6. The van der Waals surface area contributed by atoms with E-state index >= 15 is 0 Å². The molecule has 0 radical (unpaired) electrons. The van der Waals surface area contributed by atoms with Crippen molar-refractivity contribution in [2.24, 2.45) is 0 Å². The van der Waals surface area contributed by atoms with Crippen LogP contribution in [-0.2, 0) is 11.0 Å². The maximum Gasteiger partial charge on any atom is 0.419 e. The van der Waals surface area contributed by atoms with Crippen molar-refractivity contribution in [2.45, 2.75) is 19.0 Å². The number of benzene rings is 1. The Kier molecular flexibility index (Phi) is 5.67. The average Bonchev–Trinajstić information content (AvgIpc) is 2.82. The van der Waals surface area contributed by atoms with Crippen molar-refractivity contribution in [3.8, 4) is 6.07 Å². The Morgan fingerprint density at radius 3 is 2.47 bits per heavy atom. The van der Waals surface area contributed by atoms with Crippen LogP contribution in [0.1, 0.15) is 24.1 Å². The highest BCUT2D eigenvalue weighted by Crippen LogP contribution is 2.35. The van der Waals surface area contributed by atoms with Gasteiger partial charge in [0.25, 0.3) is 0 Å². The molecule has 1 aliphatic heterocycles. The minimum absolute atomic E-state index is 0.0424. The Morgan fingerprint density at radius 2 is 1.83 bits per heavy atom. The lowest BCUT2D eigenvalue weighted by Crippen LogP contribution is -2.45. The highest BCUT2D eigenvalue weighted by atomic mass is 32.1. The van der Waals surface area contributed by atoms with Gasteiger partial charge in [-0.2, -0.15) is 18.4 Å². The number of nitriles is 1. The quantitative estimate of drug-likeness (QED) is 0.393. The summed E-state index contributed by atoms with van der Waals surface area (Å²) >= 11 is 5.14. The van der Waals surface area contributed by atoms with E-state index in [0.29, 0.717) is 23.1 Å². The van der Waals surface area contributed by atoms with Crippen molar-refractivity contribution in [1.82, 2.24) is 4.98 Å². The van der Waals surface area contributed by atoms with Gasteiger partial charge < -0.3 is 4.90 Å². The molecule has 30 heavy (non-hydrogen) atoms. The number of alkyl halides is 3. The van der Waals surface area contributed by atoms with Crippen molar-refractivity contribution in [1.29, 1.82) is 5.26 Å². The van der Waals surface area contributed by atoms with Gasteiger partial charge in [-0.3, -0.25) is 9.69 Å². The Hall–Kier alpha value is -3.20. The van der Waals surface area contributed by atoms with Gasteiger partial charge in [-0.15, -0.1) is 0 Å². The molecule has 0 aliphatic carbocycles. The number of carbonyl (C=O) groups is 1. The van der Waals surface area contributed by atoms with Crippen LogP contribution >= 0.6 is 12.2 Å². The summed E-state index contributed by atoms with van der Waals surface area (Å²) in [5, 5.41) is 8.31. The first kappa shape index (κ1) is 21.5. The maximum absolute atomic E-state index is 14.3. The summed E-state index contributed by atoms with van der Waals surface area (Å²) in [5.41, 5.74) is -3.63. The molecule has 0 unspecified atom stereocenters. The van der Waals surface area contributed by atoms with E-state index in [-0.39, 0.29) is 19.4 Å². The van der Waals surface area contributed by atoms with E-state index in [9.17, 15) is 31.1 Å². The van der Waals surface area contributed by atoms with Gasteiger partial charge in [0.1, 0.15) is 17.6 Å². The molecule has 1 aliphatic rings. The van der Waals surface area contributed by atoms with Gasteiger partial charge >= 0.3 is 6.18 Å². The highest BCUT2D eigenvalue weighted by Gasteiger charge is 2.37. The van der Waals surface area contributed by atoms with Gasteiger partial charge in [-0.05, 0) is 36.8 Å². The zero-order valence-electron chi connectivity index (χ0n) is 14.8. The molecule has 2 heterocycles. The molecule has 0 saturated carbocycles. The third-order valence-electron chi connectivity index (χ3n) is 4.28. The minimum atomic E-state index is -4.95. The second-order valence-corrected chi connectivity index (χ2v) is 6.52. The molecule has 0 N–H and O–H groups in total. The lowest BCUT2D eigenvalue weighted by atomic mass is 10.1. The molecule has 5 nitrogen and oxygen atoms in total. The highest BCUT2D eigenvalue weighted by molar-refractivity contribution is 7.81. The summed E-state index contributed by atoms with van der Waals surface area (Å²) < 4.78 is 82.0. The predicted molar refractivity (Wildman–Crippen MR) is 96.9 cm³/mol. The first-order chi connectivity index (χ1) is 14.1. The van der Waals surface area contributed by atoms with Gasteiger partial charge in [-0.1, -0.05) is 0 Å². The zero-order chi connectivity index (χ0) is 22.2. The molecule has 0 spiro atoms. The molecule has 3 rings (SSSR count). The molecular weight excluding hydrogens is 434 g/mol. The minimum Gasteiger partial charge on any atom is -0.313 e. The third-order valence-corrected chi connectivity index (χ3v) is 4.68. The van der Waals surface area contributed by atoms with E-state index in [0.717, 1.165) is 11.1 Å². The van der Waals surface area contributed by atoms with Crippen molar-refractivity contribution >= 4 is 34.6 Å². The van der Waals surface area contributed by atoms with E-state index in [1.54, 1.807) is 0 Å². The standard InChI is InChI=1S/C18H10F6N4OS/c19-11-3-4-12(20)16(15(11)21)27-5-1-2-14(29)28(17(27)30)9-6-10(18(22,23)24)13(7-25)26-8-9/h3-4,6,8H,1-2,5H2. The lowest BCUT2D eigenvalue weighted by molar-refractivity contribution is -0.138. The number of hydrogen-bond donors (Lipinski definition) is 0. The van der Waals surface area contributed by atoms with Gasteiger partial charge in [0.05, 0.1) is 17.4 Å². The van der Waals surface area contributed by atoms with Crippen molar-refractivity contribution in [2.75, 3.05) is 16.3 Å². The van der Waals surface area contributed by atoms with Crippen LogP contribution in [-0.4, -0.2) is 22.5 Å². The number of anilines is 2. The van der Waals surface area contributed by atoms with E-state index in [1.165, 1.54) is 6.07 Å². The van der Waals surface area contributed by atoms with Crippen LogP contribution in [0.5, 0.6) is 0 Å². The van der Waals surface area contributed by atoms with Crippen LogP contribution in [0.2, 0.25) is 0 Å². The predicted octanol–water partition coefficient (Wildman–Crippen LogP) is 4.31. The van der Waals surface area contributed by atoms with Gasteiger partial charge in [-0.25, -0.2) is 18.2 Å². The first-order valence-corrected chi connectivity index (χ1v) is 8.72. The summed E-state index contributed by atoms with van der Waals surface area (Å²) in [7, 11) is 0. The smallest absolute Gasteiger partial charge is 0.313 e. The Bertz CT molecular complexity index is 1080. The number of carbonyl (C=O) groups excluding carboxylic acids is 1. The Labute approximate surface area is 171 Å². The summed E-state index contributed by atoms with van der Waals surface area (Å²) in [4.78, 5) is 17.4. The van der Waals surface area contributed by atoms with Gasteiger partial charge in [0, 0.05) is 13.0 Å². The van der Waals surface area contributed by atoms with Crippen molar-refractivity contribution < 1.29 is 31.1 Å². The summed E-state index contributed by atoms with van der Waals surface area (Å²) in [5.74, 6) is -4.84. The van der Waals surface area contributed by atoms with Crippen LogP contribution in [0.3, 0.4) is 0 Å². The van der Waals surface area contributed by atoms with Crippen LogP contribution in [0.4, 0.5) is 37.7 Å². The molecule has 1 amide bonds. The average molecular weight is 444 g/mol. The largest absolute Gasteiger partial charge is 0.419 e. The fourth-order valence-electron chi connectivity index (χ4n) is 2.93. The number of rotatable bonds is 2. The number of nitrogens with zero attached hydrogens (tertiary/aromatic N) is 4. The SMILES string of the molecule is N#Cc1ncc(N2C(=O)CCCN(c3c(F)ccc(F)c3F)C2=S)cc1C(F)(F)F.